The monoisotopic (exact) mass is 968 g/mol. The first-order chi connectivity index (χ1) is 24.9. The van der Waals surface area contributed by atoms with Crippen molar-refractivity contribution in [2.24, 2.45) is 0 Å². The molecule has 1 aliphatic rings. The molecule has 0 fully saturated rings. The second-order valence-corrected chi connectivity index (χ2v) is 16.6. The molecule has 12 heteroatoms. The molecule has 8 N–H and O–H groups in total. The molecule has 280 valence electrons. The van der Waals surface area contributed by atoms with Gasteiger partial charge in [0.2, 0.25) is 0 Å². The number of rotatable bonds is 12. The molecule has 0 saturated carbocycles. The third kappa shape index (κ3) is 8.45. The SMILES string of the molecule is Oc1cc(O)c2cc1C(CCCBr)c1cc(c(O)cc1O)C(CCCBr)c1cc(c(O)cc1O)C(CCCBr)c1cc(c(O)cc1O)C2CCCBr. The number of fused-ring (bicyclic) bond motifs is 8. The Kier molecular flexibility index (Phi) is 14.0. The molecule has 5 rings (SSSR count). The highest BCUT2D eigenvalue weighted by Gasteiger charge is 2.33. The molecule has 0 aliphatic heterocycles. The third-order valence-corrected chi connectivity index (χ3v) is 12.5. The summed E-state index contributed by atoms with van der Waals surface area (Å²) in [6.45, 7) is 0. The molecule has 0 amide bonds. The van der Waals surface area contributed by atoms with E-state index in [0.717, 1.165) is 0 Å². The van der Waals surface area contributed by atoms with Gasteiger partial charge in [0.15, 0.2) is 0 Å². The smallest absolute Gasteiger partial charge is 0.123 e. The van der Waals surface area contributed by atoms with E-state index in [0.29, 0.717) is 117 Å². The van der Waals surface area contributed by atoms with Crippen LogP contribution in [0.4, 0.5) is 0 Å². The van der Waals surface area contributed by atoms with Crippen LogP contribution in [0.2, 0.25) is 0 Å². The lowest BCUT2D eigenvalue weighted by atomic mass is 9.77. The number of hydrogen-bond acceptors (Lipinski definition) is 8. The van der Waals surface area contributed by atoms with Crippen LogP contribution in [-0.2, 0) is 0 Å². The summed E-state index contributed by atoms with van der Waals surface area (Å²) in [5.74, 6) is -3.69. The van der Waals surface area contributed by atoms with Crippen molar-refractivity contribution in [1.82, 2.24) is 0 Å². The minimum Gasteiger partial charge on any atom is -0.508 e. The fourth-order valence-electron chi connectivity index (χ4n) is 7.72. The second kappa shape index (κ2) is 18.0. The Hall–Kier alpha value is -2.80. The summed E-state index contributed by atoms with van der Waals surface area (Å²) in [6, 6.07) is 12.1. The molecule has 0 heterocycles. The lowest BCUT2D eigenvalue weighted by Crippen LogP contribution is -2.11. The van der Waals surface area contributed by atoms with E-state index in [9.17, 15) is 40.9 Å². The predicted molar refractivity (Wildman–Crippen MR) is 219 cm³/mol. The minimum atomic E-state index is -0.584. The van der Waals surface area contributed by atoms with Gasteiger partial charge >= 0.3 is 0 Å². The van der Waals surface area contributed by atoms with Gasteiger partial charge in [0.1, 0.15) is 46.0 Å². The molecule has 0 radical (unpaired) electrons. The molecule has 0 aromatic heterocycles. The number of hydrogen-bond donors (Lipinski definition) is 8. The van der Waals surface area contributed by atoms with Crippen molar-refractivity contribution in [3.05, 3.63) is 93.0 Å². The van der Waals surface area contributed by atoms with Crippen LogP contribution >= 0.6 is 63.7 Å². The van der Waals surface area contributed by atoms with Gasteiger partial charge in [-0.3, -0.25) is 0 Å². The predicted octanol–water partition coefficient (Wildman–Crippen LogP) is 10.9. The zero-order valence-corrected chi connectivity index (χ0v) is 34.8. The number of phenols is 8. The molecule has 0 saturated heterocycles. The molecular formula is C40H44Br4O8. The van der Waals surface area contributed by atoms with E-state index in [-0.39, 0.29) is 46.0 Å². The van der Waals surface area contributed by atoms with Crippen molar-refractivity contribution < 1.29 is 40.9 Å². The van der Waals surface area contributed by atoms with Gasteiger partial charge in [0.25, 0.3) is 0 Å². The molecule has 0 atom stereocenters. The van der Waals surface area contributed by atoms with Crippen molar-refractivity contribution in [2.45, 2.75) is 75.0 Å². The van der Waals surface area contributed by atoms with Crippen LogP contribution < -0.4 is 0 Å². The van der Waals surface area contributed by atoms with Gasteiger partial charge < -0.3 is 40.9 Å². The molecular weight excluding hydrogens is 928 g/mol. The number of aromatic hydroxyl groups is 8. The quantitative estimate of drug-likeness (QED) is 0.0651. The van der Waals surface area contributed by atoms with E-state index >= 15 is 0 Å². The average Bonchev–Trinajstić information content (AvgIpc) is 3.09. The van der Waals surface area contributed by atoms with E-state index in [2.05, 4.69) is 63.7 Å². The summed E-state index contributed by atoms with van der Waals surface area (Å²) >= 11 is 14.1. The standard InChI is InChI=1S/C40H44Br4O8/c41-9-1-5-21-25-13-27(35(47)17-33(25)45)22(6-2-10-42)29-15-31(39(51)19-37(29)49)24(8-4-12-44)32-16-30(38(50)20-40(32)52)23(7-3-11-43)28-14-26(21)34(46)18-36(28)48/h13-24,45-52H,1-12H2. The topological polar surface area (TPSA) is 162 Å². The van der Waals surface area contributed by atoms with Gasteiger partial charge in [0.05, 0.1) is 0 Å². The number of phenolic OH excluding ortho intramolecular Hbond substituents is 8. The van der Waals surface area contributed by atoms with E-state index in [1.165, 1.54) is 24.3 Å². The summed E-state index contributed by atoms with van der Waals surface area (Å²) in [4.78, 5) is 0. The molecule has 8 nitrogen and oxygen atoms in total. The highest BCUT2D eigenvalue weighted by atomic mass is 79.9. The molecule has 52 heavy (non-hydrogen) atoms. The van der Waals surface area contributed by atoms with Crippen LogP contribution in [-0.4, -0.2) is 62.2 Å². The lowest BCUT2D eigenvalue weighted by Gasteiger charge is -2.29. The Bertz CT molecular complexity index is 1510. The Labute approximate surface area is 337 Å². The molecule has 4 aromatic rings. The fraction of sp³-hybridized carbons (Fsp3) is 0.400. The molecule has 8 bridgehead atoms. The van der Waals surface area contributed by atoms with Crippen LogP contribution in [0, 0.1) is 0 Å². The van der Waals surface area contributed by atoms with Gasteiger partial charge in [-0.15, -0.1) is 0 Å². The second-order valence-electron chi connectivity index (χ2n) is 13.4. The summed E-state index contributed by atoms with van der Waals surface area (Å²) in [5, 5.41) is 94.2. The zero-order valence-electron chi connectivity index (χ0n) is 28.5. The molecule has 0 unspecified atom stereocenters. The van der Waals surface area contributed by atoms with Crippen LogP contribution in [0.5, 0.6) is 46.0 Å². The zero-order chi connectivity index (χ0) is 37.7. The maximum Gasteiger partial charge on any atom is 0.123 e. The van der Waals surface area contributed by atoms with Crippen molar-refractivity contribution in [2.75, 3.05) is 21.3 Å². The van der Waals surface area contributed by atoms with Crippen molar-refractivity contribution in [1.29, 1.82) is 0 Å². The van der Waals surface area contributed by atoms with Crippen molar-refractivity contribution >= 4 is 63.7 Å². The minimum absolute atomic E-state index is 0.169. The summed E-state index contributed by atoms with van der Waals surface area (Å²) < 4.78 is 0. The van der Waals surface area contributed by atoms with E-state index in [1.807, 2.05) is 0 Å². The van der Waals surface area contributed by atoms with Gasteiger partial charge in [-0.05, 0) is 75.6 Å². The number of halogens is 4. The normalized spacial score (nSPS) is 18.4. The van der Waals surface area contributed by atoms with Gasteiger partial charge in [0, 0.05) is 114 Å². The summed E-state index contributed by atoms with van der Waals surface area (Å²) in [7, 11) is 0. The Morgan fingerprint density at radius 1 is 0.288 bits per heavy atom. The van der Waals surface area contributed by atoms with Crippen molar-refractivity contribution in [3.63, 3.8) is 0 Å². The molecule has 4 aromatic carbocycles. The lowest BCUT2D eigenvalue weighted by molar-refractivity contribution is 0.422. The maximum absolute atomic E-state index is 11.5. The number of benzene rings is 4. The highest BCUT2D eigenvalue weighted by molar-refractivity contribution is 9.09. The first-order valence-corrected chi connectivity index (χ1v) is 21.9. The van der Waals surface area contributed by atoms with Crippen molar-refractivity contribution in [3.8, 4) is 46.0 Å². The third-order valence-electron chi connectivity index (χ3n) is 10.2. The highest BCUT2D eigenvalue weighted by Crippen LogP contribution is 2.52. The first kappa shape index (κ1) is 40.4. The summed E-state index contributed by atoms with van der Waals surface area (Å²) in [6.07, 6.45) is 4.58. The van der Waals surface area contributed by atoms with Crippen LogP contribution in [0.25, 0.3) is 0 Å². The van der Waals surface area contributed by atoms with Crippen LogP contribution in [0.1, 0.15) is 120 Å². The summed E-state index contributed by atoms with van der Waals surface area (Å²) in [5.41, 5.74) is 3.65. The Balaban J connectivity index is 1.95. The fourth-order valence-corrected chi connectivity index (χ4v) is 9.01. The van der Waals surface area contributed by atoms with Crippen LogP contribution in [0.15, 0.2) is 48.5 Å². The maximum atomic E-state index is 11.5. The largest absolute Gasteiger partial charge is 0.508 e. The van der Waals surface area contributed by atoms with E-state index < -0.39 is 23.7 Å². The molecule has 0 spiro atoms. The van der Waals surface area contributed by atoms with E-state index in [1.54, 1.807) is 24.3 Å². The van der Waals surface area contributed by atoms with Gasteiger partial charge in [-0.2, -0.15) is 0 Å². The Morgan fingerprint density at radius 3 is 0.577 bits per heavy atom. The Morgan fingerprint density at radius 2 is 0.442 bits per heavy atom. The number of alkyl halides is 4. The van der Waals surface area contributed by atoms with Gasteiger partial charge in [-0.1, -0.05) is 63.7 Å². The first-order valence-electron chi connectivity index (χ1n) is 17.4. The van der Waals surface area contributed by atoms with Crippen LogP contribution in [0.3, 0.4) is 0 Å². The average molecular weight is 972 g/mol. The molecule has 1 aliphatic carbocycles. The van der Waals surface area contributed by atoms with Gasteiger partial charge in [-0.25, -0.2) is 0 Å². The van der Waals surface area contributed by atoms with E-state index in [4.69, 9.17) is 0 Å².